The summed E-state index contributed by atoms with van der Waals surface area (Å²) in [7, 11) is -0.403. The van der Waals surface area contributed by atoms with Gasteiger partial charge in [0.05, 0.1) is 13.2 Å². The SMILES string of the molecule is COC(=O)CCC(C=CBr)O[Si](C)(C)C(C)(C)C. The van der Waals surface area contributed by atoms with Gasteiger partial charge in [-0.05, 0) is 29.5 Å². The predicted molar refractivity (Wildman–Crippen MR) is 81.4 cm³/mol. The molecule has 0 N–H and O–H groups in total. The van der Waals surface area contributed by atoms with Crippen molar-refractivity contribution >= 4 is 30.2 Å². The van der Waals surface area contributed by atoms with Gasteiger partial charge >= 0.3 is 5.97 Å². The number of hydrogen-bond acceptors (Lipinski definition) is 3. The van der Waals surface area contributed by atoms with Crippen LogP contribution in [-0.4, -0.2) is 27.5 Å². The minimum Gasteiger partial charge on any atom is -0.469 e. The predicted octanol–water partition coefficient (Wildman–Crippen LogP) is 4.24. The molecule has 0 aromatic heterocycles. The Kier molecular flexibility index (Phi) is 7.40. The number of ether oxygens (including phenoxy) is 1. The maximum atomic E-state index is 11.2. The summed E-state index contributed by atoms with van der Waals surface area (Å²) in [5, 5.41) is 0.163. The van der Waals surface area contributed by atoms with Crippen LogP contribution in [0.5, 0.6) is 0 Å². The van der Waals surface area contributed by atoms with E-state index in [1.165, 1.54) is 7.11 Å². The molecule has 0 saturated carbocycles. The molecule has 0 spiro atoms. The third-order valence-electron chi connectivity index (χ3n) is 3.40. The second-order valence-corrected chi connectivity index (χ2v) is 11.1. The highest BCUT2D eigenvalue weighted by Gasteiger charge is 2.38. The van der Waals surface area contributed by atoms with E-state index >= 15 is 0 Å². The number of hydrogen-bond donors (Lipinski definition) is 0. The Hall–Kier alpha value is -0.133. The first-order valence-corrected chi connectivity index (χ1v) is 9.98. The first kappa shape index (κ1) is 17.9. The number of esters is 1. The van der Waals surface area contributed by atoms with Crippen molar-refractivity contribution in [1.29, 1.82) is 0 Å². The standard InChI is InChI=1S/C13H25BrO3Si/c1-13(2,3)18(5,6)17-11(9-10-14)7-8-12(15)16-4/h9-11H,7-8H2,1-6H3. The minimum atomic E-state index is -1.81. The maximum Gasteiger partial charge on any atom is 0.305 e. The molecule has 3 nitrogen and oxygen atoms in total. The summed E-state index contributed by atoms with van der Waals surface area (Å²) < 4.78 is 10.9. The third-order valence-corrected chi connectivity index (χ3v) is 8.21. The van der Waals surface area contributed by atoms with Crippen LogP contribution in [0.4, 0.5) is 0 Å². The number of carbonyl (C=O) groups excluding carboxylic acids is 1. The molecule has 0 fully saturated rings. The molecule has 0 aromatic carbocycles. The quantitative estimate of drug-likeness (QED) is 0.537. The van der Waals surface area contributed by atoms with Crippen molar-refractivity contribution in [3.05, 3.63) is 11.1 Å². The molecule has 0 amide bonds. The van der Waals surface area contributed by atoms with Crippen LogP contribution in [-0.2, 0) is 14.0 Å². The summed E-state index contributed by atoms with van der Waals surface area (Å²) in [5.41, 5.74) is 0. The fraction of sp³-hybridized carbons (Fsp3) is 0.769. The van der Waals surface area contributed by atoms with Crippen molar-refractivity contribution in [3.8, 4) is 0 Å². The zero-order chi connectivity index (χ0) is 14.4. The average Bonchev–Trinajstić information content (AvgIpc) is 2.23. The normalized spacial score (nSPS) is 14.8. The van der Waals surface area contributed by atoms with Crippen LogP contribution >= 0.6 is 15.9 Å². The molecule has 0 radical (unpaired) electrons. The van der Waals surface area contributed by atoms with Gasteiger partial charge in [0.1, 0.15) is 0 Å². The van der Waals surface area contributed by atoms with Crippen molar-refractivity contribution in [1.82, 2.24) is 0 Å². The molecular formula is C13H25BrO3Si. The minimum absolute atomic E-state index is 0.0376. The molecule has 0 heterocycles. The van der Waals surface area contributed by atoms with Crippen LogP contribution in [0.25, 0.3) is 0 Å². The molecule has 0 aromatic rings. The Balaban J connectivity index is 4.58. The van der Waals surface area contributed by atoms with E-state index in [1.54, 1.807) is 4.99 Å². The van der Waals surface area contributed by atoms with Crippen LogP contribution in [0.2, 0.25) is 18.1 Å². The number of halogens is 1. The molecule has 1 unspecified atom stereocenters. The van der Waals surface area contributed by atoms with Gasteiger partial charge in [0.15, 0.2) is 8.32 Å². The Morgan fingerprint density at radius 2 is 1.94 bits per heavy atom. The molecule has 0 bridgehead atoms. The molecular weight excluding hydrogens is 312 g/mol. The van der Waals surface area contributed by atoms with Crippen molar-refractivity contribution < 1.29 is 14.0 Å². The van der Waals surface area contributed by atoms with E-state index in [9.17, 15) is 4.79 Å². The lowest BCUT2D eigenvalue weighted by molar-refractivity contribution is -0.141. The van der Waals surface area contributed by atoms with E-state index in [2.05, 4.69) is 54.5 Å². The molecule has 0 aliphatic rings. The van der Waals surface area contributed by atoms with Gasteiger partial charge in [-0.2, -0.15) is 0 Å². The van der Waals surface area contributed by atoms with E-state index in [4.69, 9.17) is 4.43 Å². The van der Waals surface area contributed by atoms with Gasteiger partial charge in [-0.25, -0.2) is 0 Å². The Morgan fingerprint density at radius 3 is 2.33 bits per heavy atom. The summed E-state index contributed by atoms with van der Waals surface area (Å²) >= 11 is 3.27. The fourth-order valence-corrected chi connectivity index (χ4v) is 2.84. The maximum absolute atomic E-state index is 11.2. The summed E-state index contributed by atoms with van der Waals surface area (Å²) in [6.07, 6.45) is 2.95. The van der Waals surface area contributed by atoms with Crippen LogP contribution in [0.15, 0.2) is 11.1 Å². The van der Waals surface area contributed by atoms with Crippen LogP contribution in [0.3, 0.4) is 0 Å². The van der Waals surface area contributed by atoms with E-state index in [1.807, 2.05) is 6.08 Å². The molecule has 5 heteroatoms. The van der Waals surface area contributed by atoms with Crippen molar-refractivity contribution in [2.24, 2.45) is 0 Å². The Labute approximate surface area is 120 Å². The van der Waals surface area contributed by atoms with Crippen molar-refractivity contribution in [2.75, 3.05) is 7.11 Å². The van der Waals surface area contributed by atoms with Crippen molar-refractivity contribution in [2.45, 2.75) is 57.8 Å². The largest absolute Gasteiger partial charge is 0.469 e. The summed E-state index contributed by atoms with van der Waals surface area (Å²) in [4.78, 5) is 13.0. The molecule has 18 heavy (non-hydrogen) atoms. The van der Waals surface area contributed by atoms with E-state index in [0.29, 0.717) is 12.8 Å². The lowest BCUT2D eigenvalue weighted by atomic mass is 10.2. The lowest BCUT2D eigenvalue weighted by Gasteiger charge is -2.38. The van der Waals surface area contributed by atoms with E-state index in [0.717, 1.165) is 0 Å². The Bertz CT molecular complexity index is 295. The topological polar surface area (TPSA) is 35.5 Å². The van der Waals surface area contributed by atoms with E-state index in [-0.39, 0.29) is 17.1 Å². The van der Waals surface area contributed by atoms with Crippen molar-refractivity contribution in [3.63, 3.8) is 0 Å². The van der Waals surface area contributed by atoms with E-state index < -0.39 is 8.32 Å². The van der Waals surface area contributed by atoms with Gasteiger partial charge < -0.3 is 9.16 Å². The van der Waals surface area contributed by atoms with Gasteiger partial charge in [-0.3, -0.25) is 4.79 Å². The molecule has 1 atom stereocenters. The average molecular weight is 337 g/mol. The third kappa shape index (κ3) is 6.16. The Morgan fingerprint density at radius 1 is 1.39 bits per heavy atom. The zero-order valence-corrected chi connectivity index (χ0v) is 14.8. The summed E-state index contributed by atoms with van der Waals surface area (Å²) in [6.45, 7) is 11.0. The van der Waals surface area contributed by atoms with Gasteiger partial charge in [-0.15, -0.1) is 0 Å². The molecule has 106 valence electrons. The highest BCUT2D eigenvalue weighted by Crippen LogP contribution is 2.37. The number of rotatable bonds is 6. The smallest absolute Gasteiger partial charge is 0.305 e. The fourth-order valence-electron chi connectivity index (χ4n) is 1.19. The second-order valence-electron chi connectivity index (χ2n) is 5.85. The summed E-state index contributed by atoms with van der Waals surface area (Å²) in [6, 6.07) is 0. The number of carbonyl (C=O) groups is 1. The van der Waals surface area contributed by atoms with Gasteiger partial charge in [0.2, 0.25) is 0 Å². The first-order valence-electron chi connectivity index (χ1n) is 6.15. The molecule has 0 aliphatic heterocycles. The lowest BCUT2D eigenvalue weighted by Crippen LogP contribution is -2.43. The highest BCUT2D eigenvalue weighted by atomic mass is 79.9. The molecule has 0 saturated heterocycles. The molecule has 0 rings (SSSR count). The first-order chi connectivity index (χ1) is 8.14. The zero-order valence-electron chi connectivity index (χ0n) is 12.2. The monoisotopic (exact) mass is 336 g/mol. The van der Waals surface area contributed by atoms with Gasteiger partial charge in [0, 0.05) is 6.42 Å². The summed E-state index contributed by atoms with van der Waals surface area (Å²) in [5.74, 6) is -0.193. The van der Waals surface area contributed by atoms with Crippen LogP contribution in [0.1, 0.15) is 33.6 Å². The van der Waals surface area contributed by atoms with Gasteiger partial charge in [-0.1, -0.05) is 42.8 Å². The van der Waals surface area contributed by atoms with Gasteiger partial charge in [0.25, 0.3) is 0 Å². The van der Waals surface area contributed by atoms with Crippen LogP contribution in [0, 0.1) is 0 Å². The number of methoxy groups -OCH3 is 1. The highest BCUT2D eigenvalue weighted by molar-refractivity contribution is 9.11. The molecule has 0 aliphatic carbocycles. The second kappa shape index (κ2) is 7.45. The van der Waals surface area contributed by atoms with Crippen LogP contribution < -0.4 is 0 Å².